The Morgan fingerprint density at radius 1 is 1.00 bits per heavy atom. The van der Waals surface area contributed by atoms with Crippen molar-refractivity contribution >= 4 is 17.6 Å². The minimum absolute atomic E-state index is 0.0199. The van der Waals surface area contributed by atoms with Crippen LogP contribution in [0.1, 0.15) is 19.4 Å². The number of rotatable bonds is 7. The van der Waals surface area contributed by atoms with Crippen LogP contribution in [0.25, 0.3) is 0 Å². The molecule has 2 rings (SSSR count). The van der Waals surface area contributed by atoms with Gasteiger partial charge in [0.15, 0.2) is 0 Å². The first kappa shape index (κ1) is 18.3. The molecule has 0 aliphatic heterocycles. The van der Waals surface area contributed by atoms with E-state index < -0.39 is 0 Å². The van der Waals surface area contributed by atoms with Crippen LogP contribution in [0.3, 0.4) is 0 Å². The molecule has 3 N–H and O–H groups in total. The number of benzene rings is 2. The van der Waals surface area contributed by atoms with Gasteiger partial charge in [-0.15, -0.1) is 0 Å². The van der Waals surface area contributed by atoms with Gasteiger partial charge < -0.3 is 20.7 Å². The van der Waals surface area contributed by atoms with Crippen molar-refractivity contribution in [3.63, 3.8) is 0 Å². The van der Waals surface area contributed by atoms with E-state index >= 15 is 0 Å². The molecule has 6 heteroatoms. The molecule has 0 radical (unpaired) electrons. The lowest BCUT2D eigenvalue weighted by Crippen LogP contribution is -2.42. The minimum atomic E-state index is -0.366. The van der Waals surface area contributed by atoms with Gasteiger partial charge in [-0.2, -0.15) is 0 Å². The summed E-state index contributed by atoms with van der Waals surface area (Å²) in [6.07, 6.45) is 0. The number of hydrogen-bond donors (Lipinski definition) is 3. The van der Waals surface area contributed by atoms with Gasteiger partial charge in [0.05, 0.1) is 6.54 Å². The predicted octanol–water partition coefficient (Wildman–Crippen LogP) is 2.91. The molecule has 6 nitrogen and oxygen atoms in total. The number of ether oxygens (including phenoxy) is 1. The maximum Gasteiger partial charge on any atom is 0.315 e. The summed E-state index contributed by atoms with van der Waals surface area (Å²) in [5.74, 6) is 0.424. The summed E-state index contributed by atoms with van der Waals surface area (Å²) >= 11 is 0. The smallest absolute Gasteiger partial charge is 0.315 e. The van der Waals surface area contributed by atoms with Crippen LogP contribution in [0.5, 0.6) is 5.75 Å². The molecule has 0 spiro atoms. The van der Waals surface area contributed by atoms with Crippen molar-refractivity contribution in [2.24, 2.45) is 0 Å². The van der Waals surface area contributed by atoms with E-state index in [-0.39, 0.29) is 24.5 Å². The second-order valence-corrected chi connectivity index (χ2v) is 5.83. The van der Waals surface area contributed by atoms with Gasteiger partial charge in [0.1, 0.15) is 12.4 Å². The Labute approximate surface area is 147 Å². The highest BCUT2D eigenvalue weighted by Gasteiger charge is 2.06. The zero-order chi connectivity index (χ0) is 18.1. The first-order chi connectivity index (χ1) is 12.0. The third kappa shape index (κ3) is 6.95. The maximum atomic E-state index is 11.8. The molecule has 0 aliphatic rings. The summed E-state index contributed by atoms with van der Waals surface area (Å²) in [7, 11) is 0. The summed E-state index contributed by atoms with van der Waals surface area (Å²) in [4.78, 5) is 23.2. The largest absolute Gasteiger partial charge is 0.489 e. The fraction of sp³-hybridized carbons (Fsp3) is 0.263. The van der Waals surface area contributed by atoms with E-state index in [2.05, 4.69) is 16.0 Å². The number of carbonyl (C=O) groups is 2. The van der Waals surface area contributed by atoms with Crippen LogP contribution in [-0.4, -0.2) is 24.5 Å². The Balaban J connectivity index is 1.75. The first-order valence-electron chi connectivity index (χ1n) is 8.14. The molecule has 0 unspecified atom stereocenters. The Kier molecular flexibility index (Phi) is 6.83. The summed E-state index contributed by atoms with van der Waals surface area (Å²) in [5, 5.41) is 7.86. The van der Waals surface area contributed by atoms with E-state index in [1.165, 1.54) is 0 Å². The van der Waals surface area contributed by atoms with Gasteiger partial charge in [0.25, 0.3) is 0 Å². The molecule has 0 aromatic heterocycles. The van der Waals surface area contributed by atoms with Gasteiger partial charge >= 0.3 is 6.03 Å². The van der Waals surface area contributed by atoms with Crippen LogP contribution in [0, 0.1) is 0 Å². The lowest BCUT2D eigenvalue weighted by molar-refractivity contribution is -0.115. The number of carbonyl (C=O) groups excluding carboxylic acids is 2. The zero-order valence-corrected chi connectivity index (χ0v) is 14.4. The van der Waals surface area contributed by atoms with Crippen LogP contribution >= 0.6 is 0 Å². The van der Waals surface area contributed by atoms with Crippen molar-refractivity contribution in [3.05, 3.63) is 60.2 Å². The second-order valence-electron chi connectivity index (χ2n) is 5.83. The Hall–Kier alpha value is -3.02. The van der Waals surface area contributed by atoms with E-state index in [0.29, 0.717) is 12.3 Å². The third-order valence-corrected chi connectivity index (χ3v) is 3.22. The fourth-order valence-electron chi connectivity index (χ4n) is 2.05. The van der Waals surface area contributed by atoms with E-state index in [1.807, 2.05) is 44.2 Å². The van der Waals surface area contributed by atoms with E-state index in [9.17, 15) is 9.59 Å². The summed E-state index contributed by atoms with van der Waals surface area (Å²) in [5.41, 5.74) is 1.73. The second kappa shape index (κ2) is 9.32. The molecular weight excluding hydrogens is 318 g/mol. The number of nitrogens with one attached hydrogen (secondary N) is 3. The molecule has 132 valence electrons. The summed E-state index contributed by atoms with van der Waals surface area (Å²) in [6.45, 7) is 4.09. The summed E-state index contributed by atoms with van der Waals surface area (Å²) in [6, 6.07) is 16.6. The lowest BCUT2D eigenvalue weighted by Gasteiger charge is -2.11. The Morgan fingerprint density at radius 2 is 1.68 bits per heavy atom. The van der Waals surface area contributed by atoms with Crippen LogP contribution in [0.2, 0.25) is 0 Å². The fourth-order valence-corrected chi connectivity index (χ4v) is 2.05. The molecule has 0 aliphatic carbocycles. The van der Waals surface area contributed by atoms with Gasteiger partial charge in [-0.3, -0.25) is 4.79 Å². The lowest BCUT2D eigenvalue weighted by atomic mass is 10.2. The number of anilines is 1. The highest BCUT2D eigenvalue weighted by Crippen LogP contribution is 2.17. The summed E-state index contributed by atoms with van der Waals surface area (Å²) < 4.78 is 5.69. The zero-order valence-electron chi connectivity index (χ0n) is 14.4. The normalized spacial score (nSPS) is 10.2. The highest BCUT2D eigenvalue weighted by atomic mass is 16.5. The van der Waals surface area contributed by atoms with E-state index in [4.69, 9.17) is 4.74 Å². The van der Waals surface area contributed by atoms with Crippen molar-refractivity contribution < 1.29 is 14.3 Å². The van der Waals surface area contributed by atoms with E-state index in [1.54, 1.807) is 24.3 Å². The van der Waals surface area contributed by atoms with Gasteiger partial charge in [0, 0.05) is 11.7 Å². The first-order valence-corrected chi connectivity index (χ1v) is 8.14. The van der Waals surface area contributed by atoms with Crippen LogP contribution in [0.4, 0.5) is 10.5 Å². The number of urea groups is 1. The van der Waals surface area contributed by atoms with Crippen molar-refractivity contribution in [3.8, 4) is 5.75 Å². The highest BCUT2D eigenvalue weighted by molar-refractivity contribution is 5.94. The minimum Gasteiger partial charge on any atom is -0.489 e. The molecule has 2 aromatic carbocycles. The van der Waals surface area contributed by atoms with Gasteiger partial charge in [-0.05, 0) is 43.7 Å². The van der Waals surface area contributed by atoms with Gasteiger partial charge in [0.2, 0.25) is 5.91 Å². The van der Waals surface area contributed by atoms with Crippen molar-refractivity contribution in [1.29, 1.82) is 0 Å². The van der Waals surface area contributed by atoms with Crippen molar-refractivity contribution in [2.75, 3.05) is 11.9 Å². The average Bonchev–Trinajstić information content (AvgIpc) is 2.60. The Bertz CT molecular complexity index is 685. The molecule has 0 saturated carbocycles. The van der Waals surface area contributed by atoms with E-state index in [0.717, 1.165) is 11.3 Å². The SMILES string of the molecule is CC(C)NC(=O)NCC(=O)Nc1ccc(OCc2ccccc2)cc1. The van der Waals surface area contributed by atoms with Crippen molar-refractivity contribution in [2.45, 2.75) is 26.5 Å². The molecule has 0 heterocycles. The standard InChI is InChI=1S/C19H23N3O3/c1-14(2)21-19(24)20-12-18(23)22-16-8-10-17(11-9-16)25-13-15-6-4-3-5-7-15/h3-11,14H,12-13H2,1-2H3,(H,22,23)(H2,20,21,24). The quantitative estimate of drug-likeness (QED) is 0.724. The number of hydrogen-bond acceptors (Lipinski definition) is 3. The van der Waals surface area contributed by atoms with Crippen LogP contribution in [0.15, 0.2) is 54.6 Å². The average molecular weight is 341 g/mol. The molecule has 25 heavy (non-hydrogen) atoms. The van der Waals surface area contributed by atoms with Gasteiger partial charge in [-0.1, -0.05) is 30.3 Å². The Morgan fingerprint density at radius 3 is 2.32 bits per heavy atom. The van der Waals surface area contributed by atoms with Crippen molar-refractivity contribution in [1.82, 2.24) is 10.6 Å². The maximum absolute atomic E-state index is 11.8. The molecule has 3 amide bonds. The molecule has 0 bridgehead atoms. The number of amides is 3. The molecular formula is C19H23N3O3. The third-order valence-electron chi connectivity index (χ3n) is 3.22. The molecule has 0 saturated heterocycles. The predicted molar refractivity (Wildman–Crippen MR) is 97.5 cm³/mol. The molecule has 0 fully saturated rings. The van der Waals surface area contributed by atoms with Gasteiger partial charge in [-0.25, -0.2) is 4.79 Å². The topological polar surface area (TPSA) is 79.5 Å². The van der Waals surface area contributed by atoms with Crippen LogP contribution in [-0.2, 0) is 11.4 Å². The van der Waals surface area contributed by atoms with Crippen LogP contribution < -0.4 is 20.7 Å². The molecule has 0 atom stereocenters. The molecule has 2 aromatic rings. The monoisotopic (exact) mass is 341 g/mol.